The summed E-state index contributed by atoms with van der Waals surface area (Å²) >= 11 is 0. The van der Waals surface area contributed by atoms with E-state index in [-0.39, 0.29) is 30.8 Å². The number of alkyl halides is 1. The predicted molar refractivity (Wildman–Crippen MR) is 107 cm³/mol. The van der Waals surface area contributed by atoms with Gasteiger partial charge in [-0.25, -0.2) is 17.5 Å². The molecule has 1 aliphatic rings. The Balaban J connectivity index is 1.80. The monoisotopic (exact) mass is 437 g/mol. The first-order valence-electron chi connectivity index (χ1n) is 9.11. The molecule has 1 aliphatic heterocycles. The van der Waals surface area contributed by atoms with E-state index in [0.29, 0.717) is 13.0 Å². The van der Waals surface area contributed by atoms with E-state index in [4.69, 9.17) is 4.74 Å². The number of carbonyl (C=O) groups excluding carboxylic acids is 1. The highest BCUT2D eigenvalue weighted by molar-refractivity contribution is 7.90. The molecule has 0 aromatic heterocycles. The van der Waals surface area contributed by atoms with Crippen LogP contribution >= 0.6 is 0 Å². The number of amides is 1. The molecule has 0 bridgehead atoms. The molecule has 0 radical (unpaired) electrons. The maximum atomic E-state index is 14.7. The number of hydrogen-bond donors (Lipinski definition) is 2. The third kappa shape index (κ3) is 5.10. The van der Waals surface area contributed by atoms with E-state index < -0.39 is 37.1 Å². The van der Waals surface area contributed by atoms with Crippen molar-refractivity contribution in [2.24, 2.45) is 0 Å². The summed E-state index contributed by atoms with van der Waals surface area (Å²) in [4.78, 5) is 22.3. The molecule has 1 atom stereocenters. The Kier molecular flexibility index (Phi) is 6.32. The van der Waals surface area contributed by atoms with E-state index in [0.717, 1.165) is 12.1 Å². The van der Waals surface area contributed by atoms with Gasteiger partial charge in [0.1, 0.15) is 5.69 Å². The van der Waals surface area contributed by atoms with E-state index >= 15 is 0 Å². The normalized spacial score (nSPS) is 19.1. The molecule has 11 heteroatoms. The van der Waals surface area contributed by atoms with Crippen LogP contribution in [0.3, 0.4) is 0 Å². The molecule has 2 N–H and O–H groups in total. The number of carbonyl (C=O) groups is 1. The number of anilines is 1. The van der Waals surface area contributed by atoms with Crippen molar-refractivity contribution in [2.75, 3.05) is 25.1 Å². The van der Waals surface area contributed by atoms with Crippen LogP contribution in [0.5, 0.6) is 0 Å². The van der Waals surface area contributed by atoms with Crippen LogP contribution in [0.1, 0.15) is 23.2 Å². The van der Waals surface area contributed by atoms with Gasteiger partial charge in [0.25, 0.3) is 21.6 Å². The number of halogens is 1. The fourth-order valence-corrected chi connectivity index (χ4v) is 4.01. The molecule has 0 saturated carbocycles. The van der Waals surface area contributed by atoms with Gasteiger partial charge < -0.3 is 10.1 Å². The van der Waals surface area contributed by atoms with Gasteiger partial charge in [-0.2, -0.15) is 0 Å². The maximum absolute atomic E-state index is 14.7. The largest absolute Gasteiger partial charge is 0.378 e. The topological polar surface area (TPSA) is 128 Å². The number of benzene rings is 2. The van der Waals surface area contributed by atoms with E-state index in [1.807, 2.05) is 4.72 Å². The van der Waals surface area contributed by atoms with Crippen molar-refractivity contribution in [3.63, 3.8) is 0 Å². The summed E-state index contributed by atoms with van der Waals surface area (Å²) in [6.45, 7) is 0.129. The Morgan fingerprint density at radius 3 is 2.60 bits per heavy atom. The lowest BCUT2D eigenvalue weighted by atomic mass is 9.98. The number of nitro benzene ring substituents is 1. The molecule has 160 valence electrons. The van der Waals surface area contributed by atoms with Crippen LogP contribution in [0.25, 0.3) is 0 Å². The second-order valence-corrected chi connectivity index (χ2v) is 8.58. The smallest absolute Gasteiger partial charge is 0.293 e. The van der Waals surface area contributed by atoms with Crippen molar-refractivity contribution >= 4 is 27.3 Å². The zero-order chi connectivity index (χ0) is 21.8. The number of nitro groups is 1. The summed E-state index contributed by atoms with van der Waals surface area (Å²) in [7, 11) is -4.35. The van der Waals surface area contributed by atoms with E-state index in [9.17, 15) is 27.7 Å². The van der Waals surface area contributed by atoms with Gasteiger partial charge in [-0.15, -0.1) is 0 Å². The van der Waals surface area contributed by atoms with Crippen LogP contribution in [0.4, 0.5) is 15.8 Å². The SMILES string of the molecule is O=C(NS(=O)(=O)c1ccc(NCC2(F)CCCOC2)c([N+](=O)[O-])c1)c1ccccc1. The second-order valence-electron chi connectivity index (χ2n) is 6.90. The molecule has 1 saturated heterocycles. The van der Waals surface area contributed by atoms with Gasteiger partial charge in [-0.1, -0.05) is 18.2 Å². The summed E-state index contributed by atoms with van der Waals surface area (Å²) in [5, 5.41) is 14.1. The van der Waals surface area contributed by atoms with Crippen LogP contribution in [-0.2, 0) is 14.8 Å². The van der Waals surface area contributed by atoms with Gasteiger partial charge in [-0.3, -0.25) is 14.9 Å². The average molecular weight is 437 g/mol. The highest BCUT2D eigenvalue weighted by Crippen LogP contribution is 2.30. The number of rotatable bonds is 7. The van der Waals surface area contributed by atoms with Crippen molar-refractivity contribution in [2.45, 2.75) is 23.4 Å². The van der Waals surface area contributed by atoms with E-state index in [1.54, 1.807) is 18.2 Å². The Bertz CT molecular complexity index is 1040. The number of sulfonamides is 1. The summed E-state index contributed by atoms with van der Waals surface area (Å²) in [5.74, 6) is -0.864. The highest BCUT2D eigenvalue weighted by Gasteiger charge is 2.33. The first-order chi connectivity index (χ1) is 14.2. The number of ether oxygens (including phenoxy) is 1. The lowest BCUT2D eigenvalue weighted by Crippen LogP contribution is -2.40. The number of nitrogens with one attached hydrogen (secondary N) is 2. The minimum atomic E-state index is -4.35. The number of hydrogen-bond acceptors (Lipinski definition) is 7. The average Bonchev–Trinajstić information content (AvgIpc) is 2.73. The Hall–Kier alpha value is -3.05. The first kappa shape index (κ1) is 21.7. The van der Waals surface area contributed by atoms with Gasteiger partial charge in [-0.05, 0) is 37.1 Å². The van der Waals surface area contributed by atoms with Crippen LogP contribution in [0.15, 0.2) is 53.4 Å². The first-order valence-corrected chi connectivity index (χ1v) is 10.6. The second kappa shape index (κ2) is 8.76. The van der Waals surface area contributed by atoms with Crippen molar-refractivity contribution in [3.05, 3.63) is 64.2 Å². The van der Waals surface area contributed by atoms with Crippen LogP contribution < -0.4 is 10.0 Å². The van der Waals surface area contributed by atoms with Crippen molar-refractivity contribution < 1.29 is 27.3 Å². The highest BCUT2D eigenvalue weighted by atomic mass is 32.2. The van der Waals surface area contributed by atoms with E-state index in [2.05, 4.69) is 5.32 Å². The summed E-state index contributed by atoms with van der Waals surface area (Å²) in [6.07, 6.45) is 0.796. The summed E-state index contributed by atoms with van der Waals surface area (Å²) in [6, 6.07) is 10.8. The van der Waals surface area contributed by atoms with Crippen LogP contribution in [0, 0.1) is 10.1 Å². The van der Waals surface area contributed by atoms with Gasteiger partial charge >= 0.3 is 0 Å². The van der Waals surface area contributed by atoms with Gasteiger partial charge in [0, 0.05) is 18.2 Å². The lowest BCUT2D eigenvalue weighted by molar-refractivity contribution is -0.384. The molecule has 0 aliphatic carbocycles. The minimum Gasteiger partial charge on any atom is -0.378 e. The molecule has 1 unspecified atom stereocenters. The lowest BCUT2D eigenvalue weighted by Gasteiger charge is -2.29. The quantitative estimate of drug-likeness (QED) is 0.503. The van der Waals surface area contributed by atoms with Crippen molar-refractivity contribution in [1.29, 1.82) is 0 Å². The maximum Gasteiger partial charge on any atom is 0.293 e. The molecule has 30 heavy (non-hydrogen) atoms. The van der Waals surface area contributed by atoms with Crippen LogP contribution in [0.2, 0.25) is 0 Å². The Labute approximate surface area is 172 Å². The molecule has 3 rings (SSSR count). The zero-order valence-electron chi connectivity index (χ0n) is 15.8. The minimum absolute atomic E-state index is 0.0315. The third-order valence-corrected chi connectivity index (χ3v) is 5.94. The van der Waals surface area contributed by atoms with Gasteiger partial charge in [0.15, 0.2) is 5.67 Å². The zero-order valence-corrected chi connectivity index (χ0v) is 16.7. The predicted octanol–water partition coefficient (Wildman–Crippen LogP) is 2.64. The molecule has 1 amide bonds. The summed E-state index contributed by atoms with van der Waals surface area (Å²) < 4.78 is 46.7. The molecule has 1 heterocycles. The molecule has 0 spiro atoms. The van der Waals surface area contributed by atoms with Crippen molar-refractivity contribution in [1.82, 2.24) is 4.72 Å². The standard InChI is InChI=1S/C19H20FN3O6S/c20-19(9-4-10-29-13-19)12-21-16-8-7-15(11-17(16)23(25)26)30(27,28)22-18(24)14-5-2-1-3-6-14/h1-3,5-8,11,21H,4,9-10,12-13H2,(H,22,24). The molecule has 2 aromatic carbocycles. The van der Waals surface area contributed by atoms with Gasteiger partial charge in [0.05, 0.1) is 23.0 Å². The van der Waals surface area contributed by atoms with Crippen molar-refractivity contribution in [3.8, 4) is 0 Å². The molecule has 9 nitrogen and oxygen atoms in total. The molecule has 2 aromatic rings. The molecular weight excluding hydrogens is 417 g/mol. The third-order valence-electron chi connectivity index (χ3n) is 4.61. The van der Waals surface area contributed by atoms with Gasteiger partial charge in [0.2, 0.25) is 0 Å². The number of nitrogens with zero attached hydrogens (tertiary/aromatic N) is 1. The fourth-order valence-electron chi connectivity index (χ4n) is 3.02. The summed E-state index contributed by atoms with van der Waals surface area (Å²) in [5.41, 5.74) is -2.13. The molecule has 1 fully saturated rings. The molecular formula is C19H20FN3O6S. The Morgan fingerprint density at radius 1 is 1.23 bits per heavy atom. The van der Waals surface area contributed by atoms with Crippen LogP contribution in [-0.4, -0.2) is 44.7 Å². The fraction of sp³-hybridized carbons (Fsp3) is 0.316. The Morgan fingerprint density at radius 2 is 1.97 bits per heavy atom. The van der Waals surface area contributed by atoms with E-state index in [1.165, 1.54) is 18.2 Å².